The Hall–Kier alpha value is -0.640. The van der Waals surface area contributed by atoms with E-state index in [1.54, 1.807) is 6.92 Å². The molecule has 0 aliphatic carbocycles. The SMILES string of the molecule is Cc1noc(C)c1C(Br)C=O. The standard InChI is InChI=1S/C7H8BrNO2/c1-4-7(6(8)3-10)5(2)11-9-4/h3,6H,1-2H3. The van der Waals surface area contributed by atoms with Gasteiger partial charge in [-0.1, -0.05) is 21.1 Å². The predicted molar refractivity (Wildman–Crippen MR) is 43.7 cm³/mol. The summed E-state index contributed by atoms with van der Waals surface area (Å²) in [4.78, 5) is 10.1. The highest BCUT2D eigenvalue weighted by molar-refractivity contribution is 9.09. The Morgan fingerprint density at radius 3 is 2.64 bits per heavy atom. The number of carbonyl (C=O) groups excluding carboxylic acids is 1. The normalized spacial score (nSPS) is 13.0. The first-order chi connectivity index (χ1) is 5.16. The van der Waals surface area contributed by atoms with Crippen LogP contribution in [-0.2, 0) is 4.79 Å². The molecule has 1 aromatic rings. The molecule has 0 N–H and O–H groups in total. The Morgan fingerprint density at radius 1 is 1.64 bits per heavy atom. The van der Waals surface area contributed by atoms with Crippen molar-refractivity contribution in [2.75, 3.05) is 0 Å². The van der Waals surface area contributed by atoms with Crippen LogP contribution in [0.1, 0.15) is 21.8 Å². The van der Waals surface area contributed by atoms with Crippen LogP contribution in [0, 0.1) is 13.8 Å². The maximum Gasteiger partial charge on any atom is 0.138 e. The minimum atomic E-state index is -0.297. The second-order valence-electron chi connectivity index (χ2n) is 2.28. The molecule has 0 radical (unpaired) electrons. The molecule has 0 bridgehead atoms. The molecule has 1 aromatic heterocycles. The van der Waals surface area contributed by atoms with Gasteiger partial charge in [0, 0.05) is 5.56 Å². The van der Waals surface area contributed by atoms with Crippen molar-refractivity contribution in [1.82, 2.24) is 5.16 Å². The Kier molecular flexibility index (Phi) is 2.44. The van der Waals surface area contributed by atoms with Gasteiger partial charge in [-0.15, -0.1) is 0 Å². The van der Waals surface area contributed by atoms with E-state index in [1.807, 2.05) is 6.92 Å². The summed E-state index contributed by atoms with van der Waals surface area (Å²) in [6.07, 6.45) is 0.812. The number of hydrogen-bond donors (Lipinski definition) is 0. The monoisotopic (exact) mass is 217 g/mol. The van der Waals surface area contributed by atoms with Gasteiger partial charge < -0.3 is 9.32 Å². The number of halogens is 1. The van der Waals surface area contributed by atoms with Gasteiger partial charge in [0.05, 0.1) is 5.69 Å². The molecule has 0 amide bonds. The number of hydrogen-bond acceptors (Lipinski definition) is 3. The molecule has 0 aromatic carbocycles. The van der Waals surface area contributed by atoms with Crippen molar-refractivity contribution in [3.8, 4) is 0 Å². The zero-order valence-electron chi connectivity index (χ0n) is 6.30. The number of aromatic nitrogens is 1. The van der Waals surface area contributed by atoms with E-state index in [-0.39, 0.29) is 4.83 Å². The van der Waals surface area contributed by atoms with Gasteiger partial charge in [0.25, 0.3) is 0 Å². The van der Waals surface area contributed by atoms with Crippen molar-refractivity contribution in [3.63, 3.8) is 0 Å². The van der Waals surface area contributed by atoms with E-state index in [2.05, 4.69) is 21.1 Å². The Bertz CT molecular complexity index is 250. The molecule has 3 nitrogen and oxygen atoms in total. The van der Waals surface area contributed by atoms with E-state index in [0.29, 0.717) is 5.76 Å². The van der Waals surface area contributed by atoms with Gasteiger partial charge in [0.2, 0.25) is 0 Å². The van der Waals surface area contributed by atoms with Crippen molar-refractivity contribution < 1.29 is 9.32 Å². The number of aryl methyl sites for hydroxylation is 2. The summed E-state index contributed by atoms with van der Waals surface area (Å²) in [5, 5.41) is 3.72. The molecule has 0 aliphatic heterocycles. The number of aldehydes is 1. The largest absolute Gasteiger partial charge is 0.361 e. The summed E-state index contributed by atoms with van der Waals surface area (Å²) in [7, 11) is 0. The van der Waals surface area contributed by atoms with Gasteiger partial charge >= 0.3 is 0 Å². The van der Waals surface area contributed by atoms with Gasteiger partial charge in [0.15, 0.2) is 0 Å². The zero-order chi connectivity index (χ0) is 8.43. The van der Waals surface area contributed by atoms with Crippen LogP contribution in [0.4, 0.5) is 0 Å². The summed E-state index contributed by atoms with van der Waals surface area (Å²) in [6, 6.07) is 0. The summed E-state index contributed by atoms with van der Waals surface area (Å²) >= 11 is 3.20. The maximum atomic E-state index is 10.4. The first-order valence-corrected chi connectivity index (χ1v) is 4.10. The van der Waals surface area contributed by atoms with Crippen LogP contribution in [0.25, 0.3) is 0 Å². The summed E-state index contributed by atoms with van der Waals surface area (Å²) < 4.78 is 4.88. The quantitative estimate of drug-likeness (QED) is 0.562. The lowest BCUT2D eigenvalue weighted by molar-refractivity contribution is -0.107. The highest BCUT2D eigenvalue weighted by atomic mass is 79.9. The number of nitrogens with zero attached hydrogens (tertiary/aromatic N) is 1. The third-order valence-corrected chi connectivity index (χ3v) is 2.16. The van der Waals surface area contributed by atoms with Crippen LogP contribution < -0.4 is 0 Å². The Labute approximate surface area is 72.9 Å². The Morgan fingerprint density at radius 2 is 2.27 bits per heavy atom. The molecule has 1 atom stereocenters. The second-order valence-corrected chi connectivity index (χ2v) is 3.26. The fraction of sp³-hybridized carbons (Fsp3) is 0.429. The molecule has 0 saturated heterocycles. The van der Waals surface area contributed by atoms with E-state index in [9.17, 15) is 4.79 Å². The summed E-state index contributed by atoms with van der Waals surface area (Å²) in [6.45, 7) is 3.59. The van der Waals surface area contributed by atoms with Gasteiger partial charge in [-0.25, -0.2) is 0 Å². The van der Waals surface area contributed by atoms with Crippen LogP contribution in [0.2, 0.25) is 0 Å². The fourth-order valence-corrected chi connectivity index (χ4v) is 1.61. The molecule has 0 aliphatic rings. The van der Waals surface area contributed by atoms with Crippen molar-refractivity contribution in [2.24, 2.45) is 0 Å². The lowest BCUT2D eigenvalue weighted by atomic mass is 10.1. The van der Waals surface area contributed by atoms with Crippen molar-refractivity contribution in [3.05, 3.63) is 17.0 Å². The second kappa shape index (κ2) is 3.17. The molecule has 0 saturated carbocycles. The van der Waals surface area contributed by atoms with E-state index in [0.717, 1.165) is 17.5 Å². The van der Waals surface area contributed by atoms with Gasteiger partial charge in [-0.3, -0.25) is 0 Å². The van der Waals surface area contributed by atoms with Crippen molar-refractivity contribution in [2.45, 2.75) is 18.7 Å². The molecule has 1 rings (SSSR count). The van der Waals surface area contributed by atoms with E-state index in [1.165, 1.54) is 0 Å². The predicted octanol–water partition coefficient (Wildman–Crippen LogP) is 1.93. The molecular formula is C7H8BrNO2. The molecule has 1 unspecified atom stereocenters. The third-order valence-electron chi connectivity index (χ3n) is 1.48. The molecule has 0 fully saturated rings. The topological polar surface area (TPSA) is 43.1 Å². The third kappa shape index (κ3) is 1.50. The number of rotatable bonds is 2. The van der Waals surface area contributed by atoms with Crippen LogP contribution >= 0.6 is 15.9 Å². The lowest BCUT2D eigenvalue weighted by Crippen LogP contribution is -1.93. The minimum Gasteiger partial charge on any atom is -0.361 e. The van der Waals surface area contributed by atoms with Crippen molar-refractivity contribution in [1.29, 1.82) is 0 Å². The molecule has 4 heteroatoms. The highest BCUT2D eigenvalue weighted by Crippen LogP contribution is 2.26. The van der Waals surface area contributed by atoms with Gasteiger partial charge in [0.1, 0.15) is 16.9 Å². The summed E-state index contributed by atoms with van der Waals surface area (Å²) in [5.41, 5.74) is 1.59. The molecule has 11 heavy (non-hydrogen) atoms. The zero-order valence-corrected chi connectivity index (χ0v) is 7.88. The average molecular weight is 218 g/mol. The highest BCUT2D eigenvalue weighted by Gasteiger charge is 2.16. The lowest BCUT2D eigenvalue weighted by Gasteiger charge is -1.97. The first kappa shape index (κ1) is 8.46. The molecule has 60 valence electrons. The van der Waals surface area contributed by atoms with Gasteiger partial charge in [-0.2, -0.15) is 0 Å². The smallest absolute Gasteiger partial charge is 0.138 e. The average Bonchev–Trinajstić information content (AvgIpc) is 2.30. The van der Waals surface area contributed by atoms with Crippen LogP contribution in [0.15, 0.2) is 4.52 Å². The van der Waals surface area contributed by atoms with E-state index >= 15 is 0 Å². The minimum absolute atomic E-state index is 0.297. The molecular weight excluding hydrogens is 210 g/mol. The van der Waals surface area contributed by atoms with Crippen molar-refractivity contribution >= 4 is 22.2 Å². The molecule has 0 spiro atoms. The number of carbonyl (C=O) groups is 1. The van der Waals surface area contributed by atoms with Crippen LogP contribution in [-0.4, -0.2) is 11.4 Å². The number of alkyl halides is 1. The Balaban J connectivity index is 3.09. The fourth-order valence-electron chi connectivity index (χ4n) is 0.952. The van der Waals surface area contributed by atoms with E-state index < -0.39 is 0 Å². The van der Waals surface area contributed by atoms with Crippen LogP contribution in [0.3, 0.4) is 0 Å². The van der Waals surface area contributed by atoms with Crippen LogP contribution in [0.5, 0.6) is 0 Å². The summed E-state index contributed by atoms with van der Waals surface area (Å²) in [5.74, 6) is 0.691. The molecule has 1 heterocycles. The van der Waals surface area contributed by atoms with Gasteiger partial charge in [-0.05, 0) is 13.8 Å². The first-order valence-electron chi connectivity index (χ1n) is 3.19. The maximum absolute atomic E-state index is 10.4. The van der Waals surface area contributed by atoms with E-state index in [4.69, 9.17) is 4.52 Å².